The van der Waals surface area contributed by atoms with E-state index in [1.54, 1.807) is 24.7 Å². The van der Waals surface area contributed by atoms with E-state index in [1.165, 1.54) is 5.69 Å². The maximum Gasteiger partial charge on any atom is 0.254 e. The Hall–Kier alpha value is -2.95. The van der Waals surface area contributed by atoms with Crippen LogP contribution in [0.3, 0.4) is 0 Å². The largest absolute Gasteiger partial charge is 0.371 e. The van der Waals surface area contributed by atoms with Gasteiger partial charge in [0.05, 0.1) is 11.1 Å². The molecule has 2 aromatic heterocycles. The number of pyridine rings is 2. The van der Waals surface area contributed by atoms with Crippen molar-refractivity contribution in [1.82, 2.24) is 14.9 Å². The standard InChI is InChI=1S/C21H22N4O/c1-24(16-5-3-2-4-6-16)17-9-13-25(14-10-17)21(26)18-7-12-23-20-8-11-22-15-19(18)20/h2-8,11-12,15,17H,9-10,13-14H2,1H3. The first kappa shape index (κ1) is 16.5. The van der Waals surface area contributed by atoms with Crippen molar-refractivity contribution >= 4 is 22.5 Å². The summed E-state index contributed by atoms with van der Waals surface area (Å²) in [6, 6.07) is 14.5. The van der Waals surface area contributed by atoms with Gasteiger partial charge in [0.15, 0.2) is 0 Å². The van der Waals surface area contributed by atoms with Crippen molar-refractivity contribution in [1.29, 1.82) is 0 Å². The number of fused-ring (bicyclic) bond motifs is 1. The fraction of sp³-hybridized carbons (Fsp3) is 0.286. The molecule has 4 rings (SSSR count). The molecule has 1 aliphatic rings. The van der Waals surface area contributed by atoms with Crippen molar-refractivity contribution in [2.75, 3.05) is 25.0 Å². The first-order valence-corrected chi connectivity index (χ1v) is 9.00. The Balaban J connectivity index is 1.47. The van der Waals surface area contributed by atoms with Gasteiger partial charge in [-0.25, -0.2) is 0 Å². The molecule has 0 N–H and O–H groups in total. The van der Waals surface area contributed by atoms with E-state index in [9.17, 15) is 4.79 Å². The highest BCUT2D eigenvalue weighted by Crippen LogP contribution is 2.24. The number of hydrogen-bond donors (Lipinski definition) is 0. The van der Waals surface area contributed by atoms with Gasteiger partial charge in [0.2, 0.25) is 0 Å². The van der Waals surface area contributed by atoms with Crippen molar-refractivity contribution in [2.24, 2.45) is 0 Å². The second-order valence-corrected chi connectivity index (χ2v) is 6.72. The Morgan fingerprint density at radius 2 is 1.85 bits per heavy atom. The second kappa shape index (κ2) is 7.12. The number of carbonyl (C=O) groups excluding carboxylic acids is 1. The van der Waals surface area contributed by atoms with Crippen LogP contribution in [0.15, 0.2) is 61.1 Å². The Morgan fingerprint density at radius 1 is 1.08 bits per heavy atom. The zero-order valence-corrected chi connectivity index (χ0v) is 14.9. The predicted molar refractivity (Wildman–Crippen MR) is 103 cm³/mol. The van der Waals surface area contributed by atoms with E-state index < -0.39 is 0 Å². The number of aromatic nitrogens is 2. The van der Waals surface area contributed by atoms with E-state index in [0.717, 1.165) is 36.8 Å². The number of likely N-dealkylation sites (tertiary alicyclic amines) is 1. The smallest absolute Gasteiger partial charge is 0.254 e. The van der Waals surface area contributed by atoms with Crippen LogP contribution in [0.5, 0.6) is 0 Å². The summed E-state index contributed by atoms with van der Waals surface area (Å²) in [5.74, 6) is 0.0752. The van der Waals surface area contributed by atoms with Gasteiger partial charge in [0.1, 0.15) is 0 Å². The highest BCUT2D eigenvalue weighted by Gasteiger charge is 2.26. The highest BCUT2D eigenvalue weighted by atomic mass is 16.2. The normalized spacial score (nSPS) is 15.2. The Labute approximate surface area is 153 Å². The van der Waals surface area contributed by atoms with Crippen LogP contribution < -0.4 is 4.90 Å². The van der Waals surface area contributed by atoms with E-state index in [1.807, 2.05) is 17.0 Å². The van der Waals surface area contributed by atoms with Crippen molar-refractivity contribution < 1.29 is 4.79 Å². The van der Waals surface area contributed by atoms with Crippen LogP contribution in [0.2, 0.25) is 0 Å². The van der Waals surface area contributed by atoms with Crippen LogP contribution in [0.4, 0.5) is 5.69 Å². The fourth-order valence-corrected chi connectivity index (χ4v) is 3.68. The summed E-state index contributed by atoms with van der Waals surface area (Å²) in [4.78, 5) is 25.8. The molecule has 1 aromatic carbocycles. The topological polar surface area (TPSA) is 49.3 Å². The van der Waals surface area contributed by atoms with Crippen LogP contribution in [0, 0.1) is 0 Å². The third kappa shape index (κ3) is 3.12. The quantitative estimate of drug-likeness (QED) is 0.730. The summed E-state index contributed by atoms with van der Waals surface area (Å²) in [6.45, 7) is 1.54. The number of benzene rings is 1. The minimum atomic E-state index is 0.0752. The van der Waals surface area contributed by atoms with Crippen LogP contribution in [-0.2, 0) is 0 Å². The molecule has 0 unspecified atom stereocenters. The van der Waals surface area contributed by atoms with E-state index in [4.69, 9.17) is 0 Å². The maximum atomic E-state index is 13.0. The minimum absolute atomic E-state index is 0.0752. The molecule has 3 aromatic rings. The van der Waals surface area contributed by atoms with Gasteiger partial charge in [-0.2, -0.15) is 0 Å². The van der Waals surface area contributed by atoms with E-state index in [-0.39, 0.29) is 5.91 Å². The van der Waals surface area contributed by atoms with Gasteiger partial charge in [0.25, 0.3) is 5.91 Å². The first-order valence-electron chi connectivity index (χ1n) is 9.00. The molecule has 0 aliphatic carbocycles. The Morgan fingerprint density at radius 3 is 2.62 bits per heavy atom. The summed E-state index contributed by atoms with van der Waals surface area (Å²) in [7, 11) is 2.14. The number of piperidine rings is 1. The molecule has 26 heavy (non-hydrogen) atoms. The van der Waals surface area contributed by atoms with Crippen molar-refractivity contribution in [3.05, 3.63) is 66.6 Å². The third-order valence-corrected chi connectivity index (χ3v) is 5.24. The lowest BCUT2D eigenvalue weighted by atomic mass is 10.0. The van der Waals surface area contributed by atoms with Gasteiger partial charge < -0.3 is 9.80 Å². The van der Waals surface area contributed by atoms with Gasteiger partial charge in [-0.3, -0.25) is 14.8 Å². The SMILES string of the molecule is CN(c1ccccc1)C1CCN(C(=O)c2ccnc3ccncc23)CC1. The zero-order chi connectivity index (χ0) is 17.9. The average molecular weight is 346 g/mol. The number of hydrogen-bond acceptors (Lipinski definition) is 4. The van der Waals surface area contributed by atoms with Crippen molar-refractivity contribution in [2.45, 2.75) is 18.9 Å². The molecule has 5 heteroatoms. The average Bonchev–Trinajstić information content (AvgIpc) is 2.73. The number of para-hydroxylation sites is 1. The minimum Gasteiger partial charge on any atom is -0.371 e. The van der Waals surface area contributed by atoms with Gasteiger partial charge in [-0.1, -0.05) is 18.2 Å². The van der Waals surface area contributed by atoms with E-state index >= 15 is 0 Å². The van der Waals surface area contributed by atoms with Gasteiger partial charge >= 0.3 is 0 Å². The molecular weight excluding hydrogens is 324 g/mol. The molecule has 0 atom stereocenters. The number of anilines is 1. The lowest BCUT2D eigenvalue weighted by molar-refractivity contribution is 0.0715. The summed E-state index contributed by atoms with van der Waals surface area (Å²) in [6.07, 6.45) is 7.07. The van der Waals surface area contributed by atoms with Crippen molar-refractivity contribution in [3.63, 3.8) is 0 Å². The molecule has 132 valence electrons. The van der Waals surface area contributed by atoms with E-state index in [0.29, 0.717) is 11.6 Å². The molecule has 0 saturated carbocycles. The van der Waals surface area contributed by atoms with Crippen LogP contribution in [0.25, 0.3) is 10.9 Å². The molecule has 0 radical (unpaired) electrons. The lowest BCUT2D eigenvalue weighted by Crippen LogP contribution is -2.45. The maximum absolute atomic E-state index is 13.0. The second-order valence-electron chi connectivity index (χ2n) is 6.72. The predicted octanol–water partition coefficient (Wildman–Crippen LogP) is 3.37. The van der Waals surface area contributed by atoms with Gasteiger partial charge in [-0.15, -0.1) is 0 Å². The summed E-state index contributed by atoms with van der Waals surface area (Å²) in [5.41, 5.74) is 2.73. The summed E-state index contributed by atoms with van der Waals surface area (Å²) < 4.78 is 0. The lowest BCUT2D eigenvalue weighted by Gasteiger charge is -2.38. The Kier molecular flexibility index (Phi) is 4.52. The molecule has 3 heterocycles. The molecule has 5 nitrogen and oxygen atoms in total. The number of nitrogens with zero attached hydrogens (tertiary/aromatic N) is 4. The summed E-state index contributed by atoms with van der Waals surface area (Å²) in [5, 5.41) is 0.823. The number of amides is 1. The van der Waals surface area contributed by atoms with Gasteiger partial charge in [-0.05, 0) is 37.1 Å². The van der Waals surface area contributed by atoms with Crippen LogP contribution in [0.1, 0.15) is 23.2 Å². The molecule has 1 amide bonds. The van der Waals surface area contributed by atoms with E-state index in [2.05, 4.69) is 46.2 Å². The number of carbonyl (C=O) groups is 1. The fourth-order valence-electron chi connectivity index (χ4n) is 3.68. The molecule has 1 saturated heterocycles. The molecule has 0 spiro atoms. The van der Waals surface area contributed by atoms with Crippen LogP contribution >= 0.6 is 0 Å². The third-order valence-electron chi connectivity index (χ3n) is 5.24. The molecule has 1 fully saturated rings. The summed E-state index contributed by atoms with van der Waals surface area (Å²) >= 11 is 0. The molecular formula is C21H22N4O. The molecule has 1 aliphatic heterocycles. The monoisotopic (exact) mass is 346 g/mol. The number of rotatable bonds is 3. The van der Waals surface area contributed by atoms with Crippen molar-refractivity contribution in [3.8, 4) is 0 Å². The zero-order valence-electron chi connectivity index (χ0n) is 14.9. The molecule has 0 bridgehead atoms. The van der Waals surface area contributed by atoms with Crippen LogP contribution in [-0.4, -0.2) is 47.0 Å². The Bertz CT molecular complexity index is 899. The van der Waals surface area contributed by atoms with Gasteiger partial charge in [0, 0.05) is 55.8 Å². The first-order chi connectivity index (χ1) is 12.7. The highest BCUT2D eigenvalue weighted by molar-refractivity contribution is 6.05.